The Hall–Kier alpha value is -3.31. The molecule has 1 aromatic heterocycles. The van der Waals surface area contributed by atoms with Crippen LogP contribution in [0.1, 0.15) is 35.7 Å². The first-order chi connectivity index (χ1) is 17.6. The number of hydrogen-bond acceptors (Lipinski definition) is 5. The van der Waals surface area contributed by atoms with Gasteiger partial charge in [0.1, 0.15) is 12.4 Å². The van der Waals surface area contributed by atoms with E-state index in [1.54, 1.807) is 6.07 Å². The Balaban J connectivity index is 1.58. The maximum atomic E-state index is 13.4. The molecule has 0 saturated carbocycles. The van der Waals surface area contributed by atoms with Crippen LogP contribution < -0.4 is 20.5 Å². The van der Waals surface area contributed by atoms with Crippen LogP contribution in [-0.2, 0) is 13.0 Å². The van der Waals surface area contributed by atoms with E-state index in [-0.39, 0.29) is 30.8 Å². The normalized spacial score (nSPS) is 12.6. The van der Waals surface area contributed by atoms with Gasteiger partial charge in [0, 0.05) is 43.4 Å². The standard InChI is InChI=1S/C26H31F4N3O4/c1-17(32-7-11-36-22-5-4-20(27)15-23(22)37-16-26(28,29)30)12-18-13-19-6-9-33(8-2-3-10-34)24(19)21(14-18)25(31)35/h4-6,9,13-15,17,32,34H,2-3,7-8,10-12,16H2,1H3,(H2,31,35)/t17-/m1/s1. The SMILES string of the molecule is C[C@H](Cc1cc(C(N)=O)c2c(ccn2CCCCO)c1)NCCOc1ccc(F)cc1OCC(F)(F)F. The van der Waals surface area contributed by atoms with Crippen molar-refractivity contribution in [3.63, 3.8) is 0 Å². The van der Waals surface area contributed by atoms with Gasteiger partial charge in [0.05, 0.1) is 11.1 Å². The molecular formula is C26H31F4N3O4. The fourth-order valence-electron chi connectivity index (χ4n) is 4.06. The van der Waals surface area contributed by atoms with Crippen LogP contribution in [0.15, 0.2) is 42.6 Å². The minimum atomic E-state index is -4.56. The van der Waals surface area contributed by atoms with Gasteiger partial charge in [-0.3, -0.25) is 4.79 Å². The summed E-state index contributed by atoms with van der Waals surface area (Å²) in [5, 5.41) is 13.2. The molecule has 0 aliphatic heterocycles. The van der Waals surface area contributed by atoms with E-state index >= 15 is 0 Å². The molecule has 0 spiro atoms. The second-order valence-electron chi connectivity index (χ2n) is 8.79. The summed E-state index contributed by atoms with van der Waals surface area (Å²) in [7, 11) is 0. The molecule has 202 valence electrons. The number of benzene rings is 2. The molecule has 0 unspecified atom stereocenters. The zero-order valence-corrected chi connectivity index (χ0v) is 20.5. The van der Waals surface area contributed by atoms with Gasteiger partial charge in [-0.15, -0.1) is 0 Å². The van der Waals surface area contributed by atoms with Gasteiger partial charge in [-0.2, -0.15) is 13.2 Å². The molecule has 7 nitrogen and oxygen atoms in total. The number of amides is 1. The third-order valence-electron chi connectivity index (χ3n) is 5.68. The number of carbonyl (C=O) groups excluding carboxylic acids is 1. The monoisotopic (exact) mass is 525 g/mol. The van der Waals surface area contributed by atoms with E-state index in [9.17, 15) is 22.4 Å². The van der Waals surface area contributed by atoms with Gasteiger partial charge in [-0.1, -0.05) is 0 Å². The quantitative estimate of drug-likeness (QED) is 0.217. The van der Waals surface area contributed by atoms with Gasteiger partial charge in [0.2, 0.25) is 0 Å². The van der Waals surface area contributed by atoms with Gasteiger partial charge in [0.25, 0.3) is 5.91 Å². The lowest BCUT2D eigenvalue weighted by atomic mass is 10.0. The van der Waals surface area contributed by atoms with Crippen molar-refractivity contribution in [3.8, 4) is 11.5 Å². The number of aryl methyl sites for hydroxylation is 1. The predicted molar refractivity (Wildman–Crippen MR) is 131 cm³/mol. The van der Waals surface area contributed by atoms with E-state index in [0.29, 0.717) is 31.5 Å². The number of alkyl halides is 3. The van der Waals surface area contributed by atoms with Gasteiger partial charge < -0.3 is 30.2 Å². The Morgan fingerprint density at radius 1 is 1.14 bits per heavy atom. The number of aliphatic hydroxyl groups is 1. The summed E-state index contributed by atoms with van der Waals surface area (Å²) in [6.45, 7) is 1.65. The summed E-state index contributed by atoms with van der Waals surface area (Å²) in [4.78, 5) is 12.2. The van der Waals surface area contributed by atoms with Crippen LogP contribution in [0.2, 0.25) is 0 Å². The molecule has 1 heterocycles. The molecule has 1 atom stereocenters. The number of aromatic nitrogens is 1. The molecule has 37 heavy (non-hydrogen) atoms. The lowest BCUT2D eigenvalue weighted by Gasteiger charge is -2.17. The largest absolute Gasteiger partial charge is 0.488 e. The Labute approximate surface area is 212 Å². The Morgan fingerprint density at radius 2 is 1.92 bits per heavy atom. The molecule has 0 radical (unpaired) electrons. The number of primary amides is 1. The third-order valence-corrected chi connectivity index (χ3v) is 5.68. The molecule has 0 bridgehead atoms. The number of ether oxygens (including phenoxy) is 2. The van der Waals surface area contributed by atoms with Crippen molar-refractivity contribution in [1.29, 1.82) is 0 Å². The van der Waals surface area contributed by atoms with E-state index in [2.05, 4.69) is 10.1 Å². The van der Waals surface area contributed by atoms with Crippen LogP contribution in [0.5, 0.6) is 11.5 Å². The maximum Gasteiger partial charge on any atom is 0.422 e. The van der Waals surface area contributed by atoms with Crippen molar-refractivity contribution in [2.75, 3.05) is 26.4 Å². The summed E-state index contributed by atoms with van der Waals surface area (Å²) >= 11 is 0. The van der Waals surface area contributed by atoms with Crippen molar-refractivity contribution in [1.82, 2.24) is 9.88 Å². The number of carbonyl (C=O) groups is 1. The molecule has 3 rings (SSSR count). The number of hydrogen-bond donors (Lipinski definition) is 3. The van der Waals surface area contributed by atoms with Gasteiger partial charge >= 0.3 is 6.18 Å². The third kappa shape index (κ3) is 8.36. The predicted octanol–water partition coefficient (Wildman–Crippen LogP) is 4.19. The van der Waals surface area contributed by atoms with Crippen LogP contribution in [0, 0.1) is 5.82 Å². The van der Waals surface area contributed by atoms with E-state index < -0.39 is 24.5 Å². The summed E-state index contributed by atoms with van der Waals surface area (Å²) in [5.41, 5.74) is 7.78. The number of nitrogens with one attached hydrogen (secondary N) is 1. The minimum Gasteiger partial charge on any atom is -0.488 e. The smallest absolute Gasteiger partial charge is 0.422 e. The Kier molecular flexibility index (Phi) is 9.76. The number of nitrogens with two attached hydrogens (primary N) is 1. The summed E-state index contributed by atoms with van der Waals surface area (Å²) in [6, 6.07) is 8.84. The van der Waals surface area contributed by atoms with E-state index in [1.807, 2.05) is 29.8 Å². The first-order valence-corrected chi connectivity index (χ1v) is 11.9. The maximum absolute atomic E-state index is 13.4. The molecule has 0 aliphatic carbocycles. The number of unbranched alkanes of at least 4 members (excludes halogenated alkanes) is 1. The van der Waals surface area contributed by atoms with Crippen molar-refractivity contribution in [3.05, 3.63) is 59.5 Å². The molecule has 0 saturated heterocycles. The lowest BCUT2D eigenvalue weighted by molar-refractivity contribution is -0.153. The van der Waals surface area contributed by atoms with Crippen molar-refractivity contribution in [2.24, 2.45) is 5.73 Å². The van der Waals surface area contributed by atoms with E-state index in [4.69, 9.17) is 15.6 Å². The Morgan fingerprint density at radius 3 is 2.62 bits per heavy atom. The van der Waals surface area contributed by atoms with Gasteiger partial charge in [0.15, 0.2) is 18.1 Å². The average molecular weight is 526 g/mol. The Bertz CT molecular complexity index is 1200. The zero-order chi connectivity index (χ0) is 27.0. The molecule has 4 N–H and O–H groups in total. The molecule has 0 aliphatic rings. The molecule has 1 amide bonds. The summed E-state index contributed by atoms with van der Waals surface area (Å²) < 4.78 is 63.0. The van der Waals surface area contributed by atoms with Crippen molar-refractivity contribution < 1.29 is 36.9 Å². The highest BCUT2D eigenvalue weighted by molar-refractivity contribution is 6.05. The summed E-state index contributed by atoms with van der Waals surface area (Å²) in [5.74, 6) is -1.56. The van der Waals surface area contributed by atoms with E-state index in [1.165, 1.54) is 6.07 Å². The topological polar surface area (TPSA) is 98.7 Å². The van der Waals surface area contributed by atoms with E-state index in [0.717, 1.165) is 35.0 Å². The van der Waals surface area contributed by atoms with Crippen molar-refractivity contribution >= 4 is 16.8 Å². The average Bonchev–Trinajstić information content (AvgIpc) is 3.23. The second-order valence-corrected chi connectivity index (χ2v) is 8.79. The second kappa shape index (κ2) is 12.8. The number of rotatable bonds is 14. The number of aliphatic hydroxyl groups excluding tert-OH is 1. The van der Waals surface area contributed by atoms with Gasteiger partial charge in [-0.25, -0.2) is 4.39 Å². The number of fused-ring (bicyclic) bond motifs is 1. The highest BCUT2D eigenvalue weighted by Crippen LogP contribution is 2.30. The van der Waals surface area contributed by atoms with Gasteiger partial charge in [-0.05, 0) is 62.1 Å². The van der Waals surface area contributed by atoms with Crippen molar-refractivity contribution in [2.45, 2.75) is 44.9 Å². The van der Waals surface area contributed by atoms with Crippen LogP contribution >= 0.6 is 0 Å². The zero-order valence-electron chi connectivity index (χ0n) is 20.5. The molecule has 11 heteroatoms. The highest BCUT2D eigenvalue weighted by atomic mass is 19.4. The van der Waals surface area contributed by atoms with Crippen LogP contribution in [0.4, 0.5) is 17.6 Å². The molecule has 2 aromatic carbocycles. The minimum absolute atomic E-state index is 0.0140. The summed E-state index contributed by atoms with van der Waals surface area (Å²) in [6.07, 6.45) is -0.626. The fourth-order valence-corrected chi connectivity index (χ4v) is 4.06. The van der Waals surface area contributed by atoms with Crippen LogP contribution in [0.25, 0.3) is 10.9 Å². The molecule has 3 aromatic rings. The number of halogens is 4. The number of nitrogens with zero attached hydrogens (tertiary/aromatic N) is 1. The first-order valence-electron chi connectivity index (χ1n) is 11.9. The lowest BCUT2D eigenvalue weighted by Crippen LogP contribution is -2.32. The fraction of sp³-hybridized carbons (Fsp3) is 0.423. The molecule has 0 fully saturated rings. The highest BCUT2D eigenvalue weighted by Gasteiger charge is 2.29. The van der Waals surface area contributed by atoms with Crippen LogP contribution in [0.3, 0.4) is 0 Å². The first kappa shape index (κ1) is 28.3. The van der Waals surface area contributed by atoms with Crippen LogP contribution in [-0.4, -0.2) is 54.2 Å². The molecular weight excluding hydrogens is 494 g/mol.